The van der Waals surface area contributed by atoms with E-state index in [2.05, 4.69) is 42.5 Å². The molecule has 1 heterocycles. The van der Waals surface area contributed by atoms with E-state index in [9.17, 15) is 0 Å². The van der Waals surface area contributed by atoms with Crippen LogP contribution in [-0.4, -0.2) is 9.97 Å². The molecule has 4 heteroatoms. The molecule has 0 aliphatic carbocycles. The minimum atomic E-state index is 0.314. The molecule has 1 aromatic heterocycles. The van der Waals surface area contributed by atoms with Crippen molar-refractivity contribution in [2.45, 2.75) is 19.8 Å². The molecule has 2 aromatic carbocycles. The van der Waals surface area contributed by atoms with E-state index in [-0.39, 0.29) is 0 Å². The third-order valence-corrected chi connectivity index (χ3v) is 3.52. The number of hydrogen-bond acceptors (Lipinski definition) is 4. The molecule has 0 saturated heterocycles. The van der Waals surface area contributed by atoms with Crippen LogP contribution in [0.15, 0.2) is 48.5 Å². The Kier molecular flexibility index (Phi) is 3.54. The first-order valence-corrected chi connectivity index (χ1v) is 7.03. The molecular weight excluding hydrogens is 260 g/mol. The van der Waals surface area contributed by atoms with Gasteiger partial charge < -0.3 is 5.43 Å². The van der Waals surface area contributed by atoms with Crippen LogP contribution in [0.3, 0.4) is 0 Å². The SMILES string of the molecule is CC(C)c1cc(NN)nc(-c2cccc3ccccc23)n1. The van der Waals surface area contributed by atoms with Gasteiger partial charge in [0.2, 0.25) is 0 Å². The highest BCUT2D eigenvalue weighted by molar-refractivity contribution is 5.95. The molecule has 0 saturated carbocycles. The molecular formula is C17H18N4. The Hall–Kier alpha value is -2.46. The summed E-state index contributed by atoms with van der Waals surface area (Å²) in [6.07, 6.45) is 0. The van der Waals surface area contributed by atoms with Crippen molar-refractivity contribution in [3.05, 3.63) is 54.2 Å². The van der Waals surface area contributed by atoms with E-state index in [0.29, 0.717) is 17.6 Å². The minimum absolute atomic E-state index is 0.314. The van der Waals surface area contributed by atoms with Gasteiger partial charge in [-0.1, -0.05) is 56.3 Å². The number of anilines is 1. The first kappa shape index (κ1) is 13.5. The van der Waals surface area contributed by atoms with Gasteiger partial charge in [0.15, 0.2) is 5.82 Å². The number of nitrogens with one attached hydrogen (secondary N) is 1. The summed E-state index contributed by atoms with van der Waals surface area (Å²) in [4.78, 5) is 9.20. The molecule has 0 spiro atoms. The summed E-state index contributed by atoms with van der Waals surface area (Å²) >= 11 is 0. The predicted octanol–water partition coefficient (Wildman–Crippen LogP) is 3.71. The molecule has 106 valence electrons. The Labute approximate surface area is 124 Å². The molecule has 0 amide bonds. The summed E-state index contributed by atoms with van der Waals surface area (Å²) in [5, 5.41) is 2.32. The van der Waals surface area contributed by atoms with Crippen LogP contribution >= 0.6 is 0 Å². The van der Waals surface area contributed by atoms with Crippen LogP contribution in [-0.2, 0) is 0 Å². The second kappa shape index (κ2) is 5.50. The average Bonchev–Trinajstić information content (AvgIpc) is 2.53. The van der Waals surface area contributed by atoms with Crippen LogP contribution in [0.1, 0.15) is 25.5 Å². The zero-order chi connectivity index (χ0) is 14.8. The second-order valence-electron chi connectivity index (χ2n) is 5.33. The number of aromatic nitrogens is 2. The van der Waals surface area contributed by atoms with Crippen LogP contribution in [0.4, 0.5) is 5.82 Å². The molecule has 0 unspecified atom stereocenters. The molecule has 0 aliphatic rings. The van der Waals surface area contributed by atoms with E-state index in [1.54, 1.807) is 0 Å². The first-order chi connectivity index (χ1) is 10.2. The number of hydrazine groups is 1. The van der Waals surface area contributed by atoms with Gasteiger partial charge in [0.05, 0.1) is 0 Å². The average molecular weight is 278 g/mol. The molecule has 0 fully saturated rings. The summed E-state index contributed by atoms with van der Waals surface area (Å²) in [5.41, 5.74) is 4.62. The molecule has 3 rings (SSSR count). The number of rotatable bonds is 3. The van der Waals surface area contributed by atoms with Crippen molar-refractivity contribution in [2.24, 2.45) is 5.84 Å². The highest BCUT2D eigenvalue weighted by Crippen LogP contribution is 2.28. The topological polar surface area (TPSA) is 63.8 Å². The van der Waals surface area contributed by atoms with E-state index in [1.807, 2.05) is 30.3 Å². The Morgan fingerprint density at radius 2 is 1.76 bits per heavy atom. The summed E-state index contributed by atoms with van der Waals surface area (Å²) in [5.74, 6) is 7.19. The van der Waals surface area contributed by atoms with Gasteiger partial charge in [0.25, 0.3) is 0 Å². The highest BCUT2D eigenvalue weighted by Gasteiger charge is 2.11. The molecule has 0 radical (unpaired) electrons. The van der Waals surface area contributed by atoms with E-state index in [0.717, 1.165) is 16.6 Å². The van der Waals surface area contributed by atoms with Gasteiger partial charge in [0.1, 0.15) is 5.82 Å². The van der Waals surface area contributed by atoms with Crippen molar-refractivity contribution in [1.29, 1.82) is 0 Å². The van der Waals surface area contributed by atoms with Crippen LogP contribution in [0.25, 0.3) is 22.2 Å². The molecule has 3 aromatic rings. The van der Waals surface area contributed by atoms with Crippen molar-refractivity contribution < 1.29 is 0 Å². The predicted molar refractivity (Wildman–Crippen MR) is 86.9 cm³/mol. The number of fused-ring (bicyclic) bond motifs is 1. The number of nitrogens with two attached hydrogens (primary N) is 1. The van der Waals surface area contributed by atoms with E-state index >= 15 is 0 Å². The van der Waals surface area contributed by atoms with E-state index in [4.69, 9.17) is 10.8 Å². The Morgan fingerprint density at radius 3 is 2.52 bits per heavy atom. The number of benzene rings is 2. The first-order valence-electron chi connectivity index (χ1n) is 7.03. The molecule has 3 N–H and O–H groups in total. The van der Waals surface area contributed by atoms with Crippen LogP contribution in [0.5, 0.6) is 0 Å². The van der Waals surface area contributed by atoms with Crippen molar-refractivity contribution in [3.63, 3.8) is 0 Å². The Bertz CT molecular complexity index is 775. The molecule has 21 heavy (non-hydrogen) atoms. The fraction of sp³-hybridized carbons (Fsp3) is 0.176. The van der Waals surface area contributed by atoms with E-state index < -0.39 is 0 Å². The van der Waals surface area contributed by atoms with Gasteiger partial charge in [-0.2, -0.15) is 0 Å². The van der Waals surface area contributed by atoms with Crippen molar-refractivity contribution >= 4 is 16.6 Å². The number of nitrogen functional groups attached to an aromatic ring is 1. The Balaban J connectivity index is 2.25. The van der Waals surface area contributed by atoms with Crippen molar-refractivity contribution in [2.75, 3.05) is 5.43 Å². The van der Waals surface area contributed by atoms with E-state index in [1.165, 1.54) is 5.39 Å². The fourth-order valence-electron chi connectivity index (χ4n) is 2.38. The normalized spacial score (nSPS) is 11.0. The largest absolute Gasteiger partial charge is 0.308 e. The standard InChI is InChI=1S/C17H18N4/c1-11(2)15-10-16(21-18)20-17(19-15)14-9-5-7-12-6-3-4-8-13(12)14/h3-11H,18H2,1-2H3,(H,19,20,21). The van der Waals surface area contributed by atoms with Crippen molar-refractivity contribution in [3.8, 4) is 11.4 Å². The maximum Gasteiger partial charge on any atom is 0.162 e. The fourth-order valence-corrected chi connectivity index (χ4v) is 2.38. The maximum atomic E-state index is 5.54. The van der Waals surface area contributed by atoms with Crippen molar-refractivity contribution in [1.82, 2.24) is 9.97 Å². The van der Waals surface area contributed by atoms with Gasteiger partial charge in [-0.15, -0.1) is 0 Å². The highest BCUT2D eigenvalue weighted by atomic mass is 15.3. The third kappa shape index (κ3) is 2.58. The summed E-state index contributed by atoms with van der Waals surface area (Å²) in [6, 6.07) is 16.3. The van der Waals surface area contributed by atoms with Gasteiger partial charge in [0, 0.05) is 17.3 Å². The lowest BCUT2D eigenvalue weighted by atomic mass is 10.0. The number of nitrogens with zero attached hydrogens (tertiary/aromatic N) is 2. The monoisotopic (exact) mass is 278 g/mol. The maximum absolute atomic E-state index is 5.54. The second-order valence-corrected chi connectivity index (χ2v) is 5.33. The zero-order valence-electron chi connectivity index (χ0n) is 12.2. The minimum Gasteiger partial charge on any atom is -0.308 e. The summed E-state index contributed by atoms with van der Waals surface area (Å²) < 4.78 is 0. The molecule has 4 nitrogen and oxygen atoms in total. The van der Waals surface area contributed by atoms with Gasteiger partial charge >= 0.3 is 0 Å². The molecule has 0 aliphatic heterocycles. The molecule has 0 atom stereocenters. The molecule has 0 bridgehead atoms. The van der Waals surface area contributed by atoms with Gasteiger partial charge in [-0.25, -0.2) is 15.8 Å². The third-order valence-electron chi connectivity index (χ3n) is 3.52. The van der Waals surface area contributed by atoms with Crippen LogP contribution < -0.4 is 11.3 Å². The van der Waals surface area contributed by atoms with Gasteiger partial charge in [-0.3, -0.25) is 0 Å². The smallest absolute Gasteiger partial charge is 0.162 e. The summed E-state index contributed by atoms with van der Waals surface area (Å²) in [7, 11) is 0. The zero-order valence-corrected chi connectivity index (χ0v) is 12.2. The summed E-state index contributed by atoms with van der Waals surface area (Å²) in [6.45, 7) is 4.21. The Morgan fingerprint density at radius 1 is 1.00 bits per heavy atom. The lowest BCUT2D eigenvalue weighted by Gasteiger charge is -2.11. The number of hydrogen-bond donors (Lipinski definition) is 2. The van der Waals surface area contributed by atoms with Gasteiger partial charge in [-0.05, 0) is 16.7 Å². The lowest BCUT2D eigenvalue weighted by Crippen LogP contribution is -2.11. The van der Waals surface area contributed by atoms with Crippen LogP contribution in [0.2, 0.25) is 0 Å². The quantitative estimate of drug-likeness (QED) is 0.566. The van der Waals surface area contributed by atoms with Crippen LogP contribution in [0, 0.1) is 0 Å². The lowest BCUT2D eigenvalue weighted by molar-refractivity contribution is 0.817.